The number of hydrogen-bond donors (Lipinski definition) is 0. The summed E-state index contributed by atoms with van der Waals surface area (Å²) < 4.78 is 5.00. The van der Waals surface area contributed by atoms with Crippen LogP contribution in [0.4, 0.5) is 0 Å². The van der Waals surface area contributed by atoms with E-state index in [0.29, 0.717) is 0 Å². The van der Waals surface area contributed by atoms with Gasteiger partial charge in [0.1, 0.15) is 0 Å². The first-order valence-corrected chi connectivity index (χ1v) is 20.6. The van der Waals surface area contributed by atoms with Crippen LogP contribution in [-0.2, 0) is 0 Å². The minimum Gasteiger partial charge on any atom is -0.311 e. The van der Waals surface area contributed by atoms with E-state index >= 15 is 0 Å². The Kier molecular flexibility index (Phi) is 8.71. The molecule has 0 amide bonds. The van der Waals surface area contributed by atoms with Gasteiger partial charge in [0.2, 0.25) is 6.71 Å². The van der Waals surface area contributed by atoms with Gasteiger partial charge < -0.3 is 9.13 Å². The second kappa shape index (κ2) is 14.1. The van der Waals surface area contributed by atoms with Gasteiger partial charge in [-0.2, -0.15) is 0 Å². The summed E-state index contributed by atoms with van der Waals surface area (Å²) in [6.07, 6.45) is 10.2. The van der Waals surface area contributed by atoms with Crippen LogP contribution in [0.1, 0.15) is 45.4 Å². The van der Waals surface area contributed by atoms with E-state index in [-0.39, 0.29) is 6.71 Å². The molecule has 0 unspecified atom stereocenters. The second-order valence-corrected chi connectivity index (χ2v) is 16.5. The van der Waals surface area contributed by atoms with Crippen LogP contribution in [0.15, 0.2) is 164 Å². The molecule has 2 nitrogen and oxygen atoms in total. The van der Waals surface area contributed by atoms with Gasteiger partial charge in [0.25, 0.3) is 0 Å². The van der Waals surface area contributed by atoms with E-state index in [0.717, 1.165) is 6.42 Å². The highest BCUT2D eigenvalue weighted by Gasteiger charge is 2.29. The zero-order valence-electron chi connectivity index (χ0n) is 34.3. The number of benzene rings is 7. The molecule has 1 aliphatic carbocycles. The molecule has 0 radical (unpaired) electrons. The van der Waals surface area contributed by atoms with Crippen LogP contribution in [0.2, 0.25) is 0 Å². The zero-order chi connectivity index (χ0) is 39.7. The summed E-state index contributed by atoms with van der Waals surface area (Å²) in [5.41, 5.74) is 21.9. The van der Waals surface area contributed by atoms with Crippen LogP contribution in [0.25, 0.3) is 60.6 Å². The normalized spacial score (nSPS) is 13.1. The summed E-state index contributed by atoms with van der Waals surface area (Å²) in [5.74, 6) is 0. The molecule has 3 heteroatoms. The lowest BCUT2D eigenvalue weighted by molar-refractivity contribution is 1.13. The molecular weight excluding hydrogens is 699 g/mol. The molecule has 0 bridgehead atoms. The molecule has 2 aromatic heterocycles. The molecule has 2 heterocycles. The molecule has 0 fully saturated rings. The highest BCUT2D eigenvalue weighted by molar-refractivity contribution is 6.96. The first-order valence-electron chi connectivity index (χ1n) is 20.6. The van der Waals surface area contributed by atoms with Crippen LogP contribution in [0, 0.1) is 41.5 Å². The van der Waals surface area contributed by atoms with E-state index < -0.39 is 0 Å². The van der Waals surface area contributed by atoms with Crippen molar-refractivity contribution in [2.24, 2.45) is 0 Å². The lowest BCUT2D eigenvalue weighted by Crippen LogP contribution is -2.55. The van der Waals surface area contributed by atoms with Crippen molar-refractivity contribution in [2.75, 3.05) is 0 Å². The van der Waals surface area contributed by atoms with Gasteiger partial charge in [0.05, 0.1) is 22.1 Å². The zero-order valence-corrected chi connectivity index (χ0v) is 34.3. The fraction of sp³-hybridized carbons (Fsp3) is 0.127. The average Bonchev–Trinajstić information content (AvgIpc) is 3.61. The largest absolute Gasteiger partial charge is 0.311 e. The lowest BCUT2D eigenvalue weighted by atomic mass is 9.34. The van der Waals surface area contributed by atoms with Gasteiger partial charge in [-0.15, -0.1) is 0 Å². The van der Waals surface area contributed by atoms with Crippen molar-refractivity contribution in [3.05, 3.63) is 203 Å². The summed E-state index contributed by atoms with van der Waals surface area (Å²) in [7, 11) is 0. The number of aromatic nitrogens is 2. The standard InChI is InChI=1S/C55H47BN2/c1-35-30-37(3)52(38(4)31-35)56(53-39(5)32-36(2)33-40(53)6)43-18-14-17-42(34-43)41-16-15-21-45(27-26-41)58-51-25-13-11-23-47(51)49-29-28-48-46-22-10-12-24-50(46)57(54(48)55(49)58)44-19-8-7-9-20-44/h7-20,22-34H,21H2,1-6H3. The summed E-state index contributed by atoms with van der Waals surface area (Å²) >= 11 is 0. The van der Waals surface area contributed by atoms with Crippen molar-refractivity contribution in [3.63, 3.8) is 0 Å². The molecule has 7 aromatic carbocycles. The Balaban J connectivity index is 1.17. The quantitative estimate of drug-likeness (QED) is 0.150. The fourth-order valence-corrected chi connectivity index (χ4v) is 10.3. The van der Waals surface area contributed by atoms with Gasteiger partial charge >= 0.3 is 0 Å². The molecule has 280 valence electrons. The van der Waals surface area contributed by atoms with E-state index in [1.54, 1.807) is 0 Å². The van der Waals surface area contributed by atoms with Crippen LogP contribution < -0.4 is 16.4 Å². The second-order valence-electron chi connectivity index (χ2n) is 16.5. The minimum atomic E-state index is 0.124. The van der Waals surface area contributed by atoms with Crippen LogP contribution in [0.5, 0.6) is 0 Å². The number of allylic oxidation sites excluding steroid dienone is 6. The third kappa shape index (κ3) is 5.79. The number of nitrogens with zero attached hydrogens (tertiary/aromatic N) is 2. The Morgan fingerprint density at radius 2 is 1.00 bits per heavy atom. The maximum absolute atomic E-state index is 2.54. The molecule has 1 aliphatic rings. The number of rotatable bonds is 6. The van der Waals surface area contributed by atoms with Crippen LogP contribution >= 0.6 is 0 Å². The smallest absolute Gasteiger partial charge is 0.242 e. The summed E-state index contributed by atoms with van der Waals surface area (Å²) in [6, 6.07) is 51.9. The van der Waals surface area contributed by atoms with Crippen LogP contribution in [0.3, 0.4) is 0 Å². The van der Waals surface area contributed by atoms with E-state index in [1.165, 1.54) is 116 Å². The predicted octanol–water partition coefficient (Wildman–Crippen LogP) is 12.1. The molecule has 9 aromatic rings. The molecule has 0 saturated heterocycles. The Bertz CT molecular complexity index is 3100. The van der Waals surface area contributed by atoms with Crippen molar-refractivity contribution >= 4 is 78.0 Å². The molecule has 0 atom stereocenters. The molecule has 10 rings (SSSR count). The maximum Gasteiger partial charge on any atom is 0.242 e. The predicted molar refractivity (Wildman–Crippen MR) is 252 cm³/mol. The molecule has 0 N–H and O–H groups in total. The third-order valence-corrected chi connectivity index (χ3v) is 12.5. The SMILES string of the molecule is Cc1cc(C)c(B(c2cccc(C3=CC=C(n4c5ccccc5c5ccc6c7ccccc7n(-c7ccccc7)c6c54)CC=C3)c2)c2c(C)cc(C)cc2C)c(C)c1. The van der Waals surface area contributed by atoms with Gasteiger partial charge in [-0.1, -0.05) is 183 Å². The topological polar surface area (TPSA) is 9.86 Å². The van der Waals surface area contributed by atoms with Gasteiger partial charge in [-0.25, -0.2) is 0 Å². The molecule has 58 heavy (non-hydrogen) atoms. The highest BCUT2D eigenvalue weighted by Crippen LogP contribution is 2.42. The van der Waals surface area contributed by atoms with Crippen molar-refractivity contribution in [3.8, 4) is 5.69 Å². The van der Waals surface area contributed by atoms with E-state index in [1.807, 2.05) is 0 Å². The fourth-order valence-electron chi connectivity index (χ4n) is 10.3. The van der Waals surface area contributed by atoms with Crippen LogP contribution in [-0.4, -0.2) is 15.8 Å². The Hall–Kier alpha value is -6.58. The number of para-hydroxylation sites is 3. The van der Waals surface area contributed by atoms with E-state index in [4.69, 9.17) is 0 Å². The summed E-state index contributed by atoms with van der Waals surface area (Å²) in [6.45, 7) is 13.7. The molecule has 0 saturated carbocycles. The highest BCUT2D eigenvalue weighted by atomic mass is 15.0. The van der Waals surface area contributed by atoms with Crippen molar-refractivity contribution < 1.29 is 0 Å². The lowest BCUT2D eigenvalue weighted by Gasteiger charge is -2.25. The van der Waals surface area contributed by atoms with Gasteiger partial charge in [-0.3, -0.25) is 0 Å². The summed E-state index contributed by atoms with van der Waals surface area (Å²) in [4.78, 5) is 0. The first kappa shape index (κ1) is 35.8. The molecule has 0 spiro atoms. The molecular formula is C55H47BN2. The number of aryl methyl sites for hydroxylation is 6. The van der Waals surface area contributed by atoms with Crippen molar-refractivity contribution in [1.29, 1.82) is 0 Å². The van der Waals surface area contributed by atoms with E-state index in [2.05, 4.69) is 215 Å². The number of hydrogen-bond acceptors (Lipinski definition) is 0. The van der Waals surface area contributed by atoms with Gasteiger partial charge in [0.15, 0.2) is 0 Å². The molecule has 0 aliphatic heterocycles. The van der Waals surface area contributed by atoms with E-state index in [9.17, 15) is 0 Å². The van der Waals surface area contributed by atoms with Gasteiger partial charge in [0, 0.05) is 39.4 Å². The Labute approximate surface area is 342 Å². The number of fused-ring (bicyclic) bond motifs is 7. The third-order valence-electron chi connectivity index (χ3n) is 12.5. The monoisotopic (exact) mass is 746 g/mol. The summed E-state index contributed by atoms with van der Waals surface area (Å²) in [5, 5.41) is 5.07. The maximum atomic E-state index is 2.54. The van der Waals surface area contributed by atoms with Crippen molar-refractivity contribution in [1.82, 2.24) is 9.13 Å². The Morgan fingerprint density at radius 1 is 0.466 bits per heavy atom. The van der Waals surface area contributed by atoms with Crippen molar-refractivity contribution in [2.45, 2.75) is 48.0 Å². The first-order chi connectivity index (χ1) is 28.3. The minimum absolute atomic E-state index is 0.124. The average molecular weight is 747 g/mol. The Morgan fingerprint density at radius 3 is 1.60 bits per heavy atom. The van der Waals surface area contributed by atoms with Gasteiger partial charge in [-0.05, 0) is 83.0 Å².